The molecule has 0 aromatic carbocycles. The van der Waals surface area contributed by atoms with Crippen LogP contribution in [-0.4, -0.2) is 22.0 Å². The van der Waals surface area contributed by atoms with Gasteiger partial charge in [-0.1, -0.05) is 19.3 Å². The second-order valence-electron chi connectivity index (χ2n) is 1.24. The molecule has 0 aliphatic rings. The van der Waals surface area contributed by atoms with E-state index in [0.29, 0.717) is 0 Å². The van der Waals surface area contributed by atoms with Gasteiger partial charge in [0, 0.05) is 31.6 Å². The molecule has 0 atom stereocenters. The SMILES string of the molecule is C=CC.[B][B][B]CC.[Co]. The smallest absolute Gasteiger partial charge is 0.0541 e. The molecule has 0 bridgehead atoms. The Balaban J connectivity index is -0.0000000800. The molecule has 0 aliphatic heterocycles. The van der Waals surface area contributed by atoms with Crippen LogP contribution in [0.5, 0.6) is 0 Å². The van der Waals surface area contributed by atoms with Crippen LogP contribution in [0.3, 0.4) is 0 Å². The number of hydrogen-bond donors (Lipinski definition) is 0. The maximum absolute atomic E-state index is 4.96. The van der Waals surface area contributed by atoms with E-state index in [1.54, 1.807) is 13.1 Å². The van der Waals surface area contributed by atoms with Crippen LogP contribution in [0, 0.1) is 0 Å². The molecule has 0 saturated heterocycles. The van der Waals surface area contributed by atoms with Crippen molar-refractivity contribution in [3.8, 4) is 0 Å². The molecule has 49 valence electrons. The second-order valence-corrected chi connectivity index (χ2v) is 1.24. The van der Waals surface area contributed by atoms with Crippen molar-refractivity contribution in [2.45, 2.75) is 20.2 Å². The fraction of sp³-hybridized carbons (Fsp3) is 0.600. The monoisotopic (exact) mass is 163 g/mol. The molecule has 0 aliphatic carbocycles. The van der Waals surface area contributed by atoms with E-state index in [1.165, 1.54) is 0 Å². The summed E-state index contributed by atoms with van der Waals surface area (Å²) in [5, 5.41) is 0. The summed E-state index contributed by atoms with van der Waals surface area (Å²) in [7, 11) is 8.42. The zero-order valence-electron chi connectivity index (χ0n) is 6.06. The van der Waals surface area contributed by atoms with Gasteiger partial charge in [0.25, 0.3) is 0 Å². The summed E-state index contributed by atoms with van der Waals surface area (Å²) in [6.07, 6.45) is 2.79. The maximum Gasteiger partial charge on any atom is 0.0541 e. The Hall–Kier alpha value is 0.441. The largest absolute Gasteiger partial charge is 0.103 e. The van der Waals surface area contributed by atoms with Gasteiger partial charge in [0.2, 0.25) is 0 Å². The van der Waals surface area contributed by atoms with Gasteiger partial charge in [-0.15, -0.1) is 6.58 Å². The van der Waals surface area contributed by atoms with Gasteiger partial charge >= 0.3 is 0 Å². The molecule has 0 spiro atoms. The summed E-state index contributed by atoms with van der Waals surface area (Å²) in [6, 6.07) is 0. The van der Waals surface area contributed by atoms with E-state index < -0.39 is 0 Å². The van der Waals surface area contributed by atoms with Crippen molar-refractivity contribution in [3.63, 3.8) is 0 Å². The van der Waals surface area contributed by atoms with Crippen molar-refractivity contribution in [2.75, 3.05) is 0 Å². The van der Waals surface area contributed by atoms with E-state index in [1.807, 2.05) is 21.0 Å². The number of allylic oxidation sites excluding steroid dienone is 1. The van der Waals surface area contributed by atoms with Gasteiger partial charge in [0.15, 0.2) is 0 Å². The third-order valence-corrected chi connectivity index (χ3v) is 0.372. The third-order valence-electron chi connectivity index (χ3n) is 0.372. The van der Waals surface area contributed by atoms with Gasteiger partial charge in [0.05, 0.1) is 7.17 Å². The van der Waals surface area contributed by atoms with E-state index in [0.717, 1.165) is 6.32 Å². The van der Waals surface area contributed by atoms with E-state index in [4.69, 9.17) is 7.74 Å². The molecule has 9 heavy (non-hydrogen) atoms. The summed E-state index contributed by atoms with van der Waals surface area (Å²) in [5.41, 5.74) is 0. The molecule has 0 saturated carbocycles. The average molecular weight is 163 g/mol. The molecule has 0 rings (SSSR count). The molecule has 0 unspecified atom stereocenters. The van der Waals surface area contributed by atoms with Crippen molar-refractivity contribution in [1.82, 2.24) is 0 Å². The first-order chi connectivity index (χ1) is 3.83. The van der Waals surface area contributed by atoms with Crippen LogP contribution in [0.15, 0.2) is 12.7 Å². The topological polar surface area (TPSA) is 0 Å². The molecule has 0 aromatic heterocycles. The predicted molar refractivity (Wildman–Crippen MR) is 43.6 cm³/mol. The van der Waals surface area contributed by atoms with E-state index in [2.05, 4.69) is 6.58 Å². The second kappa shape index (κ2) is 23.7. The zero-order valence-corrected chi connectivity index (χ0v) is 7.10. The molecular weight excluding hydrogens is 151 g/mol. The Morgan fingerprint density at radius 3 is 2.00 bits per heavy atom. The minimum absolute atomic E-state index is 0. The standard InChI is InChI=1S/C3H6.C2H5B3.Co/c1-3-2;1-2-4-5-3;/h3H,1H2,2H3;2H2,1H3;. The molecule has 0 aromatic rings. The molecule has 4 heteroatoms. The molecule has 0 heterocycles. The summed E-state index contributed by atoms with van der Waals surface area (Å²) in [4.78, 5) is 0. The van der Waals surface area contributed by atoms with Crippen molar-refractivity contribution in [2.24, 2.45) is 0 Å². The maximum atomic E-state index is 4.96. The van der Waals surface area contributed by atoms with Crippen LogP contribution in [0.2, 0.25) is 6.32 Å². The molecule has 0 N–H and O–H groups in total. The minimum atomic E-state index is 0. The third kappa shape index (κ3) is 58.8. The summed E-state index contributed by atoms with van der Waals surface area (Å²) < 4.78 is 0. The van der Waals surface area contributed by atoms with Crippen LogP contribution >= 0.6 is 0 Å². The Kier molecular flexibility index (Phi) is 42.7. The zero-order chi connectivity index (χ0) is 6.83. The predicted octanol–water partition coefficient (Wildman–Crippen LogP) is 1.02. The number of rotatable bonds is 2. The molecule has 0 nitrogen and oxygen atoms in total. The quantitative estimate of drug-likeness (QED) is 0.420. The van der Waals surface area contributed by atoms with Gasteiger partial charge in [-0.2, -0.15) is 0 Å². The van der Waals surface area contributed by atoms with Crippen molar-refractivity contribution in [3.05, 3.63) is 12.7 Å². The molecule has 5 radical (unpaired) electrons. The van der Waals surface area contributed by atoms with Gasteiger partial charge < -0.3 is 0 Å². The van der Waals surface area contributed by atoms with E-state index >= 15 is 0 Å². The van der Waals surface area contributed by atoms with Gasteiger partial charge in [0.1, 0.15) is 0 Å². The van der Waals surface area contributed by atoms with Crippen LogP contribution in [0.1, 0.15) is 13.8 Å². The average Bonchev–Trinajstić information content (AvgIpc) is 1.71. The normalized spacial score (nSPS) is 5.11. The van der Waals surface area contributed by atoms with E-state index in [-0.39, 0.29) is 16.8 Å². The Morgan fingerprint density at radius 1 is 1.67 bits per heavy atom. The van der Waals surface area contributed by atoms with Gasteiger partial charge in [-0.3, -0.25) is 0 Å². The Labute approximate surface area is 71.9 Å². The Morgan fingerprint density at radius 2 is 2.00 bits per heavy atom. The Bertz CT molecular complexity index is 39.2. The van der Waals surface area contributed by atoms with Crippen molar-refractivity contribution >= 4 is 22.0 Å². The summed E-state index contributed by atoms with van der Waals surface area (Å²) >= 11 is 0. The molecule has 0 fully saturated rings. The van der Waals surface area contributed by atoms with Gasteiger partial charge in [-0.25, -0.2) is 0 Å². The fourth-order valence-electron chi connectivity index (χ4n) is 0.136. The van der Waals surface area contributed by atoms with Crippen LogP contribution in [0.25, 0.3) is 0 Å². The molecule has 0 amide bonds. The minimum Gasteiger partial charge on any atom is -0.103 e. The summed E-state index contributed by atoms with van der Waals surface area (Å²) in [5.74, 6) is 0. The fourth-order valence-corrected chi connectivity index (χ4v) is 0.136. The first-order valence-electron chi connectivity index (χ1n) is 2.77. The van der Waals surface area contributed by atoms with Crippen molar-refractivity contribution in [1.29, 1.82) is 0 Å². The van der Waals surface area contributed by atoms with Gasteiger partial charge in [-0.05, 0) is 6.92 Å². The van der Waals surface area contributed by atoms with Crippen LogP contribution in [0.4, 0.5) is 0 Å². The number of hydrogen-bond acceptors (Lipinski definition) is 0. The first-order valence-corrected chi connectivity index (χ1v) is 2.77. The van der Waals surface area contributed by atoms with E-state index in [9.17, 15) is 0 Å². The van der Waals surface area contributed by atoms with Crippen molar-refractivity contribution < 1.29 is 16.8 Å². The van der Waals surface area contributed by atoms with Crippen LogP contribution in [-0.2, 0) is 16.8 Å². The first kappa shape index (κ1) is 16.2. The van der Waals surface area contributed by atoms with Crippen LogP contribution < -0.4 is 0 Å². The summed E-state index contributed by atoms with van der Waals surface area (Å²) in [6.45, 7) is 7.30. The molecular formula is C5H11B3Co.